The van der Waals surface area contributed by atoms with Gasteiger partial charge in [-0.25, -0.2) is 9.37 Å². The van der Waals surface area contributed by atoms with Gasteiger partial charge in [-0.15, -0.1) is 0 Å². The molecule has 0 radical (unpaired) electrons. The molecule has 0 aliphatic heterocycles. The summed E-state index contributed by atoms with van der Waals surface area (Å²) in [4.78, 5) is 16.6. The highest BCUT2D eigenvalue weighted by atomic mass is 19.1. The van der Waals surface area contributed by atoms with Crippen LogP contribution in [0.3, 0.4) is 0 Å². The van der Waals surface area contributed by atoms with E-state index in [4.69, 9.17) is 5.26 Å². The van der Waals surface area contributed by atoms with Crippen LogP contribution < -0.4 is 5.32 Å². The number of halogens is 1. The van der Waals surface area contributed by atoms with E-state index in [1.54, 1.807) is 42.5 Å². The Kier molecular flexibility index (Phi) is 4.22. The molecule has 0 atom stereocenters. The van der Waals surface area contributed by atoms with Crippen molar-refractivity contribution in [2.24, 2.45) is 0 Å². The number of benzene rings is 3. The molecule has 4 aromatic rings. The fraction of sp³-hybridized carbons (Fsp3) is 0. The van der Waals surface area contributed by atoms with Crippen LogP contribution in [0.1, 0.15) is 15.9 Å². The molecule has 2 N–H and O–H groups in total. The number of anilines is 1. The summed E-state index contributed by atoms with van der Waals surface area (Å²) in [6.07, 6.45) is 0. The molecule has 1 amide bonds. The second kappa shape index (κ2) is 6.85. The van der Waals surface area contributed by atoms with Crippen LogP contribution in [-0.2, 0) is 0 Å². The van der Waals surface area contributed by atoms with Gasteiger partial charge in [0.05, 0.1) is 17.1 Å². The van der Waals surface area contributed by atoms with E-state index >= 15 is 0 Å². The molecule has 4 rings (SSSR count). The van der Waals surface area contributed by atoms with Gasteiger partial charge in [-0.2, -0.15) is 9.99 Å². The van der Waals surface area contributed by atoms with Gasteiger partial charge in [0.15, 0.2) is 5.82 Å². The predicted molar refractivity (Wildman–Crippen MR) is 101 cm³/mol. The molecule has 0 fully saturated rings. The molecule has 3 aromatic carbocycles. The summed E-state index contributed by atoms with van der Waals surface area (Å²) >= 11 is 0. The maximum absolute atomic E-state index is 13.0. The smallest absolute Gasteiger partial charge is 0.255 e. The number of nitriles is 1. The monoisotopic (exact) mass is 372 g/mol. The highest BCUT2D eigenvalue weighted by molar-refractivity contribution is 6.04. The minimum Gasteiger partial charge on any atom is -0.426 e. The van der Waals surface area contributed by atoms with Crippen LogP contribution >= 0.6 is 0 Å². The average molecular weight is 372 g/mol. The van der Waals surface area contributed by atoms with Gasteiger partial charge in [0.1, 0.15) is 11.3 Å². The number of fused-ring (bicyclic) bond motifs is 1. The topological polar surface area (TPSA) is 90.9 Å². The summed E-state index contributed by atoms with van der Waals surface area (Å²) < 4.78 is 13.9. The summed E-state index contributed by atoms with van der Waals surface area (Å²) in [6.45, 7) is 0. The minimum absolute atomic E-state index is 0.321. The third-order valence-corrected chi connectivity index (χ3v) is 4.27. The molecule has 0 saturated heterocycles. The van der Waals surface area contributed by atoms with E-state index in [1.807, 2.05) is 6.07 Å². The lowest BCUT2D eigenvalue weighted by atomic mass is 10.1. The molecule has 0 aliphatic rings. The van der Waals surface area contributed by atoms with Crippen molar-refractivity contribution in [3.05, 3.63) is 83.7 Å². The normalized spacial score (nSPS) is 10.6. The number of carbonyl (C=O) groups excluding carboxylic acids is 1. The van der Waals surface area contributed by atoms with Crippen molar-refractivity contribution in [3.63, 3.8) is 0 Å². The third-order valence-electron chi connectivity index (χ3n) is 4.27. The number of rotatable bonds is 3. The fourth-order valence-electron chi connectivity index (χ4n) is 2.83. The zero-order valence-corrected chi connectivity index (χ0v) is 14.4. The number of imidazole rings is 1. The van der Waals surface area contributed by atoms with Gasteiger partial charge in [-0.1, -0.05) is 0 Å². The van der Waals surface area contributed by atoms with Gasteiger partial charge in [-0.3, -0.25) is 4.79 Å². The van der Waals surface area contributed by atoms with Gasteiger partial charge in [0.2, 0.25) is 0 Å². The van der Waals surface area contributed by atoms with Crippen molar-refractivity contribution >= 4 is 22.6 Å². The van der Waals surface area contributed by atoms with Crippen molar-refractivity contribution in [3.8, 4) is 17.5 Å². The van der Waals surface area contributed by atoms with Crippen molar-refractivity contribution in [2.45, 2.75) is 0 Å². The molecule has 136 valence electrons. The molecule has 0 bridgehead atoms. The van der Waals surface area contributed by atoms with E-state index in [0.717, 1.165) is 4.73 Å². The first kappa shape index (κ1) is 17.2. The number of nitrogens with zero attached hydrogens (tertiary/aromatic N) is 3. The second-order valence-electron chi connectivity index (χ2n) is 6.10. The number of hydrogen-bond acceptors (Lipinski definition) is 4. The zero-order valence-electron chi connectivity index (χ0n) is 14.4. The number of aromatic nitrogens is 2. The number of hydrogen-bond donors (Lipinski definition) is 2. The lowest BCUT2D eigenvalue weighted by Crippen LogP contribution is -2.11. The van der Waals surface area contributed by atoms with E-state index in [-0.39, 0.29) is 5.91 Å². The maximum atomic E-state index is 13.0. The highest BCUT2D eigenvalue weighted by Crippen LogP contribution is 2.25. The van der Waals surface area contributed by atoms with Crippen LogP contribution in [0.15, 0.2) is 66.7 Å². The molecule has 6 nitrogen and oxygen atoms in total. The highest BCUT2D eigenvalue weighted by Gasteiger charge is 2.13. The Bertz CT molecular complexity index is 1220. The molecule has 1 aromatic heterocycles. The Labute approximate surface area is 159 Å². The molecule has 1 heterocycles. The maximum Gasteiger partial charge on any atom is 0.255 e. The summed E-state index contributed by atoms with van der Waals surface area (Å²) in [5.41, 5.74) is 2.94. The third kappa shape index (κ3) is 3.15. The predicted octanol–water partition coefficient (Wildman–Crippen LogP) is 4.20. The molecule has 0 spiro atoms. The Morgan fingerprint density at radius 1 is 1.07 bits per heavy atom. The standard InChI is InChI=1S/C21H13FN4O2/c22-16-6-2-15(3-7-16)21(27)24-17-8-4-14(5-9-17)20-25-18-10-1-13(12-23)11-19(18)26(20)28/h1-11,28H,(H,24,27). The Morgan fingerprint density at radius 3 is 2.46 bits per heavy atom. The first-order valence-electron chi connectivity index (χ1n) is 8.34. The van der Waals surface area contributed by atoms with Gasteiger partial charge >= 0.3 is 0 Å². The fourth-order valence-corrected chi connectivity index (χ4v) is 2.83. The Morgan fingerprint density at radius 2 is 1.79 bits per heavy atom. The van der Waals surface area contributed by atoms with Gasteiger partial charge in [0, 0.05) is 16.8 Å². The van der Waals surface area contributed by atoms with E-state index in [0.29, 0.717) is 39.2 Å². The van der Waals surface area contributed by atoms with Crippen LogP contribution in [0.4, 0.5) is 10.1 Å². The van der Waals surface area contributed by atoms with Crippen molar-refractivity contribution < 1.29 is 14.4 Å². The van der Waals surface area contributed by atoms with Crippen LogP contribution in [0.25, 0.3) is 22.4 Å². The van der Waals surface area contributed by atoms with E-state index in [2.05, 4.69) is 10.3 Å². The van der Waals surface area contributed by atoms with Gasteiger partial charge in [-0.05, 0) is 66.7 Å². The van der Waals surface area contributed by atoms with Crippen LogP contribution in [0.5, 0.6) is 0 Å². The quantitative estimate of drug-likeness (QED) is 0.527. The van der Waals surface area contributed by atoms with E-state index in [1.165, 1.54) is 24.3 Å². The minimum atomic E-state index is -0.408. The van der Waals surface area contributed by atoms with E-state index in [9.17, 15) is 14.4 Å². The molecule has 0 unspecified atom stereocenters. The Hall–Kier alpha value is -4.18. The number of nitrogens with one attached hydrogen (secondary N) is 1. The largest absolute Gasteiger partial charge is 0.426 e. The molecule has 28 heavy (non-hydrogen) atoms. The van der Waals surface area contributed by atoms with Crippen LogP contribution in [0, 0.1) is 17.1 Å². The molecule has 7 heteroatoms. The molecule has 0 saturated carbocycles. The Balaban J connectivity index is 1.59. The average Bonchev–Trinajstić information content (AvgIpc) is 3.05. The van der Waals surface area contributed by atoms with Crippen LogP contribution in [0.2, 0.25) is 0 Å². The first-order chi connectivity index (χ1) is 13.5. The van der Waals surface area contributed by atoms with Gasteiger partial charge < -0.3 is 10.5 Å². The van der Waals surface area contributed by atoms with E-state index < -0.39 is 5.82 Å². The molecular formula is C21H13FN4O2. The second-order valence-corrected chi connectivity index (χ2v) is 6.10. The van der Waals surface area contributed by atoms with Crippen molar-refractivity contribution in [1.82, 2.24) is 9.71 Å². The summed E-state index contributed by atoms with van der Waals surface area (Å²) in [6, 6.07) is 18.9. The SMILES string of the molecule is N#Cc1ccc2nc(-c3ccc(NC(=O)c4ccc(F)cc4)cc3)n(O)c2c1. The van der Waals surface area contributed by atoms with Crippen LogP contribution in [-0.4, -0.2) is 20.8 Å². The summed E-state index contributed by atoms with van der Waals surface area (Å²) in [5.74, 6) is -0.442. The number of carbonyl (C=O) groups is 1. The van der Waals surface area contributed by atoms with Crippen molar-refractivity contribution in [1.29, 1.82) is 5.26 Å². The summed E-state index contributed by atoms with van der Waals surface area (Å²) in [5, 5.41) is 22.1. The lowest BCUT2D eigenvalue weighted by Gasteiger charge is -2.07. The molecule has 0 aliphatic carbocycles. The first-order valence-corrected chi connectivity index (χ1v) is 8.34. The zero-order chi connectivity index (χ0) is 19.7. The van der Waals surface area contributed by atoms with Crippen molar-refractivity contribution in [2.75, 3.05) is 5.32 Å². The lowest BCUT2D eigenvalue weighted by molar-refractivity contribution is 0.102. The summed E-state index contributed by atoms with van der Waals surface area (Å²) in [7, 11) is 0. The molecular weight excluding hydrogens is 359 g/mol. The number of amides is 1. The van der Waals surface area contributed by atoms with Gasteiger partial charge in [0.25, 0.3) is 5.91 Å².